The number of rotatable bonds is 2. The normalized spacial score (nSPS) is 45.0. The van der Waals surface area contributed by atoms with Crippen LogP contribution >= 0.6 is 0 Å². The molecule has 0 saturated heterocycles. The third kappa shape index (κ3) is 2.68. The van der Waals surface area contributed by atoms with E-state index in [-0.39, 0.29) is 22.9 Å². The van der Waals surface area contributed by atoms with E-state index in [0.717, 1.165) is 38.0 Å². The van der Waals surface area contributed by atoms with E-state index >= 15 is 0 Å². The number of ketones is 1. The van der Waals surface area contributed by atoms with Crippen LogP contribution in [0.25, 0.3) is 0 Å². The molecule has 0 N–H and O–H groups in total. The van der Waals surface area contributed by atoms with Crippen LogP contribution in [0.5, 0.6) is 0 Å². The highest BCUT2D eigenvalue weighted by molar-refractivity contribution is 5.91. The van der Waals surface area contributed by atoms with Crippen molar-refractivity contribution in [3.63, 3.8) is 0 Å². The SMILES string of the molecule is CCC(=O)O[C@H]1CCC[C@H]2[C@H]3CCC4=CC(=O)CC[C@@]4(C)[C@@H]3CC[C@]12C. The van der Waals surface area contributed by atoms with Gasteiger partial charge in [0.15, 0.2) is 5.78 Å². The molecule has 26 heavy (non-hydrogen) atoms. The van der Waals surface area contributed by atoms with Crippen molar-refractivity contribution in [3.05, 3.63) is 11.6 Å². The smallest absolute Gasteiger partial charge is 0.305 e. The molecule has 144 valence electrons. The predicted molar refractivity (Wildman–Crippen MR) is 101 cm³/mol. The number of ether oxygens (including phenoxy) is 1. The van der Waals surface area contributed by atoms with Crippen LogP contribution in [0, 0.1) is 28.6 Å². The fourth-order valence-corrected chi connectivity index (χ4v) is 7.14. The highest BCUT2D eigenvalue weighted by Crippen LogP contribution is 2.64. The van der Waals surface area contributed by atoms with Crippen molar-refractivity contribution < 1.29 is 14.3 Å². The maximum absolute atomic E-state index is 12.0. The molecule has 3 saturated carbocycles. The van der Waals surface area contributed by atoms with Gasteiger partial charge in [0.1, 0.15) is 6.10 Å². The van der Waals surface area contributed by atoms with Crippen LogP contribution < -0.4 is 0 Å². The van der Waals surface area contributed by atoms with E-state index in [4.69, 9.17) is 4.74 Å². The highest BCUT2D eigenvalue weighted by atomic mass is 16.5. The Balaban J connectivity index is 1.61. The lowest BCUT2D eigenvalue weighted by atomic mass is 9.44. The minimum absolute atomic E-state index is 0.0365. The first-order valence-corrected chi connectivity index (χ1v) is 10.8. The summed E-state index contributed by atoms with van der Waals surface area (Å²) >= 11 is 0. The highest BCUT2D eigenvalue weighted by Gasteiger charge is 2.58. The number of allylic oxidation sites excluding steroid dienone is 2. The minimum atomic E-state index is -0.0365. The van der Waals surface area contributed by atoms with Crippen molar-refractivity contribution in [2.75, 3.05) is 0 Å². The van der Waals surface area contributed by atoms with Gasteiger partial charge in [0.05, 0.1) is 0 Å². The number of carbonyl (C=O) groups excluding carboxylic acids is 2. The molecular weight excluding hydrogens is 324 g/mol. The van der Waals surface area contributed by atoms with Gasteiger partial charge in [-0.05, 0) is 80.6 Å². The van der Waals surface area contributed by atoms with Crippen LogP contribution in [-0.2, 0) is 14.3 Å². The second kappa shape index (κ2) is 6.49. The zero-order chi connectivity index (χ0) is 18.5. The van der Waals surface area contributed by atoms with Crippen LogP contribution in [0.15, 0.2) is 11.6 Å². The maximum atomic E-state index is 12.0. The quantitative estimate of drug-likeness (QED) is 0.635. The van der Waals surface area contributed by atoms with Gasteiger partial charge in [-0.25, -0.2) is 0 Å². The van der Waals surface area contributed by atoms with Gasteiger partial charge in [-0.2, -0.15) is 0 Å². The van der Waals surface area contributed by atoms with Crippen molar-refractivity contribution in [2.24, 2.45) is 28.6 Å². The number of esters is 1. The molecule has 4 rings (SSSR count). The van der Waals surface area contributed by atoms with Gasteiger partial charge in [0, 0.05) is 18.3 Å². The minimum Gasteiger partial charge on any atom is -0.462 e. The average molecular weight is 359 g/mol. The third-order valence-electron chi connectivity index (χ3n) is 8.68. The summed E-state index contributed by atoms with van der Waals surface area (Å²) in [5, 5.41) is 0. The Morgan fingerprint density at radius 3 is 2.69 bits per heavy atom. The van der Waals surface area contributed by atoms with Crippen LogP contribution in [0.2, 0.25) is 0 Å². The molecule has 4 aliphatic rings. The molecule has 3 nitrogen and oxygen atoms in total. The van der Waals surface area contributed by atoms with Gasteiger partial charge in [0.2, 0.25) is 0 Å². The van der Waals surface area contributed by atoms with Crippen molar-refractivity contribution in [1.29, 1.82) is 0 Å². The molecule has 4 aliphatic carbocycles. The second-order valence-electron chi connectivity index (χ2n) is 9.78. The van der Waals surface area contributed by atoms with Gasteiger partial charge in [-0.15, -0.1) is 0 Å². The first-order valence-electron chi connectivity index (χ1n) is 10.8. The molecule has 3 fully saturated rings. The molecule has 3 heteroatoms. The summed E-state index contributed by atoms with van der Waals surface area (Å²) in [6.07, 6.45) is 12.5. The summed E-state index contributed by atoms with van der Waals surface area (Å²) in [5.74, 6) is 2.40. The Bertz CT molecular complexity index is 635. The molecular formula is C23H34O3. The number of hydrogen-bond acceptors (Lipinski definition) is 3. The van der Waals surface area contributed by atoms with Crippen molar-refractivity contribution in [2.45, 2.75) is 91.1 Å². The van der Waals surface area contributed by atoms with E-state index in [1.165, 1.54) is 31.3 Å². The molecule has 0 spiro atoms. The first-order chi connectivity index (χ1) is 12.4. The van der Waals surface area contributed by atoms with Gasteiger partial charge < -0.3 is 4.74 Å². The summed E-state index contributed by atoms with van der Waals surface area (Å²) in [4.78, 5) is 23.9. The standard InChI is InChI=1S/C23H34O3/c1-4-21(25)26-20-7-5-6-18-17-9-8-15-14-16(24)10-12-22(15,2)19(17)11-13-23(18,20)3/h14,17-20H,4-13H2,1-3H3/t17-,18+,19-,20+,22-,23+/m1/s1. The molecule has 0 heterocycles. The third-order valence-corrected chi connectivity index (χ3v) is 8.68. The molecule has 0 bridgehead atoms. The first kappa shape index (κ1) is 18.3. The monoisotopic (exact) mass is 358 g/mol. The Labute approximate surface area is 157 Å². The summed E-state index contributed by atoms with van der Waals surface area (Å²) in [5.41, 5.74) is 1.81. The molecule has 6 atom stereocenters. The zero-order valence-corrected chi connectivity index (χ0v) is 16.7. The van der Waals surface area contributed by atoms with Gasteiger partial charge in [-0.1, -0.05) is 26.3 Å². The topological polar surface area (TPSA) is 43.4 Å². The van der Waals surface area contributed by atoms with Crippen LogP contribution in [-0.4, -0.2) is 17.9 Å². The molecule has 0 aliphatic heterocycles. The van der Waals surface area contributed by atoms with E-state index in [2.05, 4.69) is 13.8 Å². The lowest BCUT2D eigenvalue weighted by Gasteiger charge is -2.61. The van der Waals surface area contributed by atoms with Crippen molar-refractivity contribution >= 4 is 11.8 Å². The Kier molecular flexibility index (Phi) is 4.56. The number of hydrogen-bond donors (Lipinski definition) is 0. The lowest BCUT2D eigenvalue weighted by molar-refractivity contribution is -0.177. The molecule has 0 amide bonds. The van der Waals surface area contributed by atoms with Crippen molar-refractivity contribution in [3.8, 4) is 0 Å². The Hall–Kier alpha value is -1.12. The van der Waals surface area contributed by atoms with E-state index in [0.29, 0.717) is 24.0 Å². The zero-order valence-electron chi connectivity index (χ0n) is 16.7. The maximum Gasteiger partial charge on any atom is 0.305 e. The molecule has 0 aromatic carbocycles. The fourth-order valence-electron chi connectivity index (χ4n) is 7.14. The van der Waals surface area contributed by atoms with Crippen LogP contribution in [0.3, 0.4) is 0 Å². The average Bonchev–Trinajstić information content (AvgIpc) is 2.62. The molecule has 0 unspecified atom stereocenters. The summed E-state index contributed by atoms with van der Waals surface area (Å²) in [6, 6.07) is 0. The van der Waals surface area contributed by atoms with Crippen LogP contribution in [0.4, 0.5) is 0 Å². The fraction of sp³-hybridized carbons (Fsp3) is 0.826. The number of carbonyl (C=O) groups is 2. The lowest BCUT2D eigenvalue weighted by Crippen LogP contribution is -2.56. The number of fused-ring (bicyclic) bond motifs is 5. The predicted octanol–water partition coefficient (Wildman–Crippen LogP) is 5.23. The second-order valence-corrected chi connectivity index (χ2v) is 9.78. The molecule has 0 aromatic heterocycles. The van der Waals surface area contributed by atoms with E-state index in [1.807, 2.05) is 13.0 Å². The van der Waals surface area contributed by atoms with Gasteiger partial charge in [-0.3, -0.25) is 9.59 Å². The van der Waals surface area contributed by atoms with E-state index in [9.17, 15) is 9.59 Å². The van der Waals surface area contributed by atoms with Crippen molar-refractivity contribution in [1.82, 2.24) is 0 Å². The van der Waals surface area contributed by atoms with Gasteiger partial charge in [0.25, 0.3) is 0 Å². The Morgan fingerprint density at radius 2 is 1.92 bits per heavy atom. The van der Waals surface area contributed by atoms with Gasteiger partial charge >= 0.3 is 5.97 Å². The molecule has 0 radical (unpaired) electrons. The van der Waals surface area contributed by atoms with E-state index < -0.39 is 0 Å². The molecule has 0 aromatic rings. The summed E-state index contributed by atoms with van der Waals surface area (Å²) < 4.78 is 5.94. The van der Waals surface area contributed by atoms with E-state index in [1.54, 1.807) is 0 Å². The summed E-state index contributed by atoms with van der Waals surface area (Å²) in [6.45, 7) is 6.73. The van der Waals surface area contributed by atoms with Crippen LogP contribution in [0.1, 0.15) is 85.0 Å². The largest absolute Gasteiger partial charge is 0.462 e. The summed E-state index contributed by atoms with van der Waals surface area (Å²) in [7, 11) is 0. The Morgan fingerprint density at radius 1 is 1.12 bits per heavy atom.